The van der Waals surface area contributed by atoms with Gasteiger partial charge in [0.15, 0.2) is 0 Å². The lowest BCUT2D eigenvalue weighted by molar-refractivity contribution is -0.117. The van der Waals surface area contributed by atoms with E-state index in [1.54, 1.807) is 6.08 Å². The van der Waals surface area contributed by atoms with E-state index in [1.165, 1.54) is 6.08 Å². The van der Waals surface area contributed by atoms with Crippen LogP contribution in [0.3, 0.4) is 0 Å². The molecule has 20 heavy (non-hydrogen) atoms. The fourth-order valence-electron chi connectivity index (χ4n) is 1.79. The summed E-state index contributed by atoms with van der Waals surface area (Å²) >= 11 is 3.44. The Morgan fingerprint density at radius 1 is 1.30 bits per heavy atom. The molecule has 0 saturated heterocycles. The lowest BCUT2D eigenvalue weighted by Gasteiger charge is -2.09. The Morgan fingerprint density at radius 2 is 2.05 bits per heavy atom. The van der Waals surface area contributed by atoms with Crippen LogP contribution in [0.15, 0.2) is 51.4 Å². The van der Waals surface area contributed by atoms with E-state index < -0.39 is 0 Å². The van der Waals surface area contributed by atoms with Gasteiger partial charge in [0.2, 0.25) is 5.91 Å². The molecule has 0 spiro atoms. The van der Waals surface area contributed by atoms with Crippen molar-refractivity contribution in [3.8, 4) is 0 Å². The second-order valence-electron chi connectivity index (χ2n) is 4.53. The fourth-order valence-corrected chi connectivity index (χ4v) is 2.21. The number of nitrogens with one attached hydrogen (secondary N) is 1. The van der Waals surface area contributed by atoms with Gasteiger partial charge >= 0.3 is 0 Å². The highest BCUT2D eigenvalue weighted by Crippen LogP contribution is 2.18. The fraction of sp³-hybridized carbons (Fsp3) is 0.188. The highest BCUT2D eigenvalue weighted by atomic mass is 79.9. The van der Waals surface area contributed by atoms with E-state index in [4.69, 9.17) is 4.42 Å². The van der Waals surface area contributed by atoms with Crippen molar-refractivity contribution < 1.29 is 9.21 Å². The summed E-state index contributed by atoms with van der Waals surface area (Å²) in [6, 6.07) is 11.3. The molecule has 0 bridgehead atoms. The zero-order valence-corrected chi connectivity index (χ0v) is 13.0. The van der Waals surface area contributed by atoms with Gasteiger partial charge in [0.25, 0.3) is 0 Å². The molecule has 2 aromatic rings. The average Bonchev–Trinajstić information content (AvgIpc) is 2.84. The number of rotatable bonds is 4. The number of halogens is 1. The predicted molar refractivity (Wildman–Crippen MR) is 83.2 cm³/mol. The molecule has 104 valence electrons. The summed E-state index contributed by atoms with van der Waals surface area (Å²) in [7, 11) is 0. The smallest absolute Gasteiger partial charge is 0.244 e. The first-order chi connectivity index (χ1) is 9.56. The van der Waals surface area contributed by atoms with Crippen LogP contribution >= 0.6 is 15.9 Å². The number of furan rings is 1. The molecule has 4 heteroatoms. The Hall–Kier alpha value is -1.81. The maximum absolute atomic E-state index is 11.9. The molecule has 0 saturated carbocycles. The van der Waals surface area contributed by atoms with Crippen LogP contribution in [-0.4, -0.2) is 5.91 Å². The summed E-state index contributed by atoms with van der Waals surface area (Å²) in [6.07, 6.45) is 3.30. The van der Waals surface area contributed by atoms with Crippen LogP contribution in [0.2, 0.25) is 0 Å². The number of hydrogen-bond acceptors (Lipinski definition) is 2. The summed E-state index contributed by atoms with van der Waals surface area (Å²) in [5.41, 5.74) is 0.962. The van der Waals surface area contributed by atoms with Crippen LogP contribution in [-0.2, 0) is 4.79 Å². The molecule has 1 amide bonds. The number of benzene rings is 1. The minimum Gasteiger partial charge on any atom is -0.464 e. The lowest BCUT2D eigenvalue weighted by atomic mass is 10.2. The third-order valence-electron chi connectivity index (χ3n) is 2.87. The van der Waals surface area contributed by atoms with Gasteiger partial charge in [0.1, 0.15) is 11.5 Å². The van der Waals surface area contributed by atoms with Gasteiger partial charge in [0, 0.05) is 10.5 Å². The van der Waals surface area contributed by atoms with E-state index >= 15 is 0 Å². The van der Waals surface area contributed by atoms with Gasteiger partial charge < -0.3 is 9.73 Å². The van der Waals surface area contributed by atoms with Crippen molar-refractivity contribution in [1.29, 1.82) is 0 Å². The number of amides is 1. The van der Waals surface area contributed by atoms with Crippen molar-refractivity contribution >= 4 is 27.9 Å². The molecular formula is C16H16BrNO2. The summed E-state index contributed by atoms with van der Waals surface area (Å²) in [4.78, 5) is 11.9. The van der Waals surface area contributed by atoms with Gasteiger partial charge in [-0.25, -0.2) is 0 Å². The van der Waals surface area contributed by atoms with Crippen LogP contribution in [0.25, 0.3) is 6.08 Å². The highest BCUT2D eigenvalue weighted by molar-refractivity contribution is 9.10. The minimum atomic E-state index is -0.153. The maximum atomic E-state index is 11.9. The van der Waals surface area contributed by atoms with Gasteiger partial charge in [0.05, 0.1) is 6.04 Å². The zero-order chi connectivity index (χ0) is 14.5. The molecule has 0 radical (unpaired) electrons. The molecule has 1 unspecified atom stereocenters. The molecular weight excluding hydrogens is 318 g/mol. The molecule has 1 aromatic carbocycles. The quantitative estimate of drug-likeness (QED) is 0.850. The number of aryl methyl sites for hydroxylation is 1. The normalized spacial score (nSPS) is 12.6. The minimum absolute atomic E-state index is 0.151. The second kappa shape index (κ2) is 6.57. The molecule has 0 aliphatic heterocycles. The van der Waals surface area contributed by atoms with Crippen LogP contribution in [0.4, 0.5) is 0 Å². The van der Waals surface area contributed by atoms with Crippen LogP contribution in [0.1, 0.15) is 30.0 Å². The first-order valence-corrected chi connectivity index (χ1v) is 7.15. The van der Waals surface area contributed by atoms with Gasteiger partial charge in [-0.3, -0.25) is 4.79 Å². The van der Waals surface area contributed by atoms with E-state index in [1.807, 2.05) is 50.2 Å². The summed E-state index contributed by atoms with van der Waals surface area (Å²) in [6.45, 7) is 3.77. The van der Waals surface area contributed by atoms with Crippen molar-refractivity contribution in [1.82, 2.24) is 5.32 Å². The van der Waals surface area contributed by atoms with Gasteiger partial charge in [-0.15, -0.1) is 0 Å². The van der Waals surface area contributed by atoms with E-state index in [0.717, 1.165) is 21.6 Å². The third kappa shape index (κ3) is 3.84. The molecule has 1 atom stereocenters. The summed E-state index contributed by atoms with van der Waals surface area (Å²) in [5.74, 6) is 1.44. The molecule has 1 N–H and O–H groups in total. The van der Waals surface area contributed by atoms with Crippen LogP contribution in [0.5, 0.6) is 0 Å². The van der Waals surface area contributed by atoms with E-state index in [2.05, 4.69) is 21.2 Å². The monoisotopic (exact) mass is 333 g/mol. The Balaban J connectivity index is 1.97. The van der Waals surface area contributed by atoms with Crippen molar-refractivity contribution in [2.45, 2.75) is 19.9 Å². The number of hydrogen-bond donors (Lipinski definition) is 1. The van der Waals surface area contributed by atoms with Crippen molar-refractivity contribution in [3.63, 3.8) is 0 Å². The van der Waals surface area contributed by atoms with E-state index in [-0.39, 0.29) is 11.9 Å². The van der Waals surface area contributed by atoms with Crippen molar-refractivity contribution in [2.24, 2.45) is 0 Å². The van der Waals surface area contributed by atoms with Gasteiger partial charge in [-0.05, 0) is 43.7 Å². The first-order valence-electron chi connectivity index (χ1n) is 6.35. The SMILES string of the molecule is Cc1ccc(C(C)NC(=O)/C=C/c2ccccc2Br)o1. The molecule has 0 fully saturated rings. The molecule has 1 aromatic heterocycles. The molecule has 2 rings (SSSR count). The first kappa shape index (κ1) is 14.6. The average molecular weight is 334 g/mol. The Labute approximate surface area is 126 Å². The topological polar surface area (TPSA) is 42.2 Å². The highest BCUT2D eigenvalue weighted by Gasteiger charge is 2.10. The Bertz CT molecular complexity index is 631. The number of carbonyl (C=O) groups is 1. The van der Waals surface area contributed by atoms with E-state index in [9.17, 15) is 4.79 Å². The van der Waals surface area contributed by atoms with Gasteiger partial charge in [-0.1, -0.05) is 34.1 Å². The number of carbonyl (C=O) groups excluding carboxylic acids is 1. The lowest BCUT2D eigenvalue weighted by Crippen LogP contribution is -2.24. The van der Waals surface area contributed by atoms with E-state index in [0.29, 0.717) is 0 Å². The van der Waals surface area contributed by atoms with Crippen molar-refractivity contribution in [3.05, 3.63) is 64.0 Å². The standard InChI is InChI=1S/C16H16BrNO2/c1-11-7-9-15(20-11)12(2)18-16(19)10-8-13-5-3-4-6-14(13)17/h3-10,12H,1-2H3,(H,18,19)/b10-8+. The zero-order valence-electron chi connectivity index (χ0n) is 11.4. The summed E-state index contributed by atoms with van der Waals surface area (Å²) < 4.78 is 6.44. The molecule has 3 nitrogen and oxygen atoms in total. The third-order valence-corrected chi connectivity index (χ3v) is 3.59. The molecule has 1 heterocycles. The Kier molecular flexibility index (Phi) is 4.79. The van der Waals surface area contributed by atoms with Crippen molar-refractivity contribution in [2.75, 3.05) is 0 Å². The molecule has 0 aliphatic rings. The van der Waals surface area contributed by atoms with Gasteiger partial charge in [-0.2, -0.15) is 0 Å². The Morgan fingerprint density at radius 3 is 2.70 bits per heavy atom. The van der Waals surface area contributed by atoms with Crippen LogP contribution < -0.4 is 5.32 Å². The maximum Gasteiger partial charge on any atom is 0.244 e. The molecule has 0 aliphatic carbocycles. The largest absolute Gasteiger partial charge is 0.464 e. The predicted octanol–water partition coefficient (Wildman–Crippen LogP) is 4.24. The summed E-state index contributed by atoms with van der Waals surface area (Å²) in [5, 5.41) is 2.86. The van der Waals surface area contributed by atoms with Crippen LogP contribution in [0, 0.1) is 6.92 Å². The second-order valence-corrected chi connectivity index (χ2v) is 5.39.